The van der Waals surface area contributed by atoms with Crippen LogP contribution in [-0.2, 0) is 11.3 Å². The average Bonchev–Trinajstić information content (AvgIpc) is 2.88. The van der Waals surface area contributed by atoms with Crippen molar-refractivity contribution in [2.75, 3.05) is 37.0 Å². The number of methoxy groups -OCH3 is 1. The van der Waals surface area contributed by atoms with Gasteiger partial charge in [0, 0.05) is 18.8 Å². The molecule has 0 radical (unpaired) electrons. The van der Waals surface area contributed by atoms with Gasteiger partial charge < -0.3 is 24.8 Å². The highest BCUT2D eigenvalue weighted by Crippen LogP contribution is 2.28. The summed E-state index contributed by atoms with van der Waals surface area (Å²) >= 11 is 0. The second kappa shape index (κ2) is 11.7. The van der Waals surface area contributed by atoms with Crippen LogP contribution in [0, 0.1) is 0 Å². The van der Waals surface area contributed by atoms with Crippen molar-refractivity contribution in [2.45, 2.75) is 25.8 Å². The molecule has 0 saturated carbocycles. The molecule has 4 rings (SSSR count). The van der Waals surface area contributed by atoms with Crippen LogP contribution in [0.3, 0.4) is 0 Å². The van der Waals surface area contributed by atoms with E-state index in [0.29, 0.717) is 23.4 Å². The highest BCUT2D eigenvalue weighted by atomic mass is 16.5. The molecule has 0 aliphatic carbocycles. The average molecular weight is 478 g/mol. The van der Waals surface area contributed by atoms with Gasteiger partial charge in [-0.2, -0.15) is 20.1 Å². The second-order valence-corrected chi connectivity index (χ2v) is 7.86. The number of carboxylic acids is 1. The standard InChI is InChI=1S/C24H27N7O4/c1-34-20-14-17(10-11-19(20)35-16-21(32)33)15-25-30-23-27-22(26-18-8-4-2-5-9-18)28-24(29-23)31-12-6-3-7-13-31/h2,4-5,8-11,14H,3,6-7,12-13,15-16H2,1H3,(H,32,33)(H,26,27,28,29). The maximum Gasteiger partial charge on any atom is 0.341 e. The van der Waals surface area contributed by atoms with Gasteiger partial charge in [0.2, 0.25) is 11.9 Å². The first kappa shape index (κ1) is 23.9. The summed E-state index contributed by atoms with van der Waals surface area (Å²) in [5, 5.41) is 20.5. The number of anilines is 3. The number of carboxylic acid groups (broad SMARTS) is 1. The minimum Gasteiger partial charge on any atom is -0.493 e. The first-order valence-corrected chi connectivity index (χ1v) is 11.3. The van der Waals surface area contributed by atoms with Crippen LogP contribution in [0.15, 0.2) is 58.8 Å². The summed E-state index contributed by atoms with van der Waals surface area (Å²) < 4.78 is 10.5. The highest BCUT2D eigenvalue weighted by molar-refractivity contribution is 5.68. The smallest absolute Gasteiger partial charge is 0.341 e. The van der Waals surface area contributed by atoms with E-state index in [0.717, 1.165) is 37.2 Å². The third-order valence-corrected chi connectivity index (χ3v) is 5.27. The van der Waals surface area contributed by atoms with E-state index in [1.807, 2.05) is 30.3 Å². The second-order valence-electron chi connectivity index (χ2n) is 7.86. The SMILES string of the molecule is COc1cc(CN=Nc2nc(Nc3ccccc3)nc(N3CCCCC3)n2)ccc1OCC(=O)O. The molecule has 0 spiro atoms. The van der Waals surface area contributed by atoms with Crippen LogP contribution in [0.25, 0.3) is 0 Å². The van der Waals surface area contributed by atoms with Gasteiger partial charge in [-0.1, -0.05) is 24.3 Å². The number of benzene rings is 2. The number of nitrogens with one attached hydrogen (secondary N) is 1. The van der Waals surface area contributed by atoms with Crippen molar-refractivity contribution in [3.63, 3.8) is 0 Å². The number of hydrogen-bond donors (Lipinski definition) is 2. The number of hydrogen-bond acceptors (Lipinski definition) is 10. The van der Waals surface area contributed by atoms with Gasteiger partial charge in [-0.25, -0.2) is 4.79 Å². The predicted octanol–water partition coefficient (Wildman–Crippen LogP) is 4.36. The Morgan fingerprint density at radius 2 is 1.86 bits per heavy atom. The highest BCUT2D eigenvalue weighted by Gasteiger charge is 2.16. The van der Waals surface area contributed by atoms with Gasteiger partial charge in [0.1, 0.15) is 0 Å². The van der Waals surface area contributed by atoms with Crippen LogP contribution in [0.1, 0.15) is 24.8 Å². The Hall–Kier alpha value is -4.28. The van der Waals surface area contributed by atoms with Gasteiger partial charge in [-0.05, 0) is 49.1 Å². The Labute approximate surface area is 202 Å². The van der Waals surface area contributed by atoms with E-state index in [1.165, 1.54) is 13.5 Å². The molecule has 182 valence electrons. The molecule has 0 bridgehead atoms. The van der Waals surface area contributed by atoms with Gasteiger partial charge in [0.25, 0.3) is 5.95 Å². The van der Waals surface area contributed by atoms with Crippen molar-refractivity contribution in [3.05, 3.63) is 54.1 Å². The molecule has 0 atom stereocenters. The third-order valence-electron chi connectivity index (χ3n) is 5.27. The summed E-state index contributed by atoms with van der Waals surface area (Å²) in [6, 6.07) is 14.8. The Morgan fingerprint density at radius 1 is 1.06 bits per heavy atom. The number of para-hydroxylation sites is 1. The fourth-order valence-corrected chi connectivity index (χ4v) is 3.59. The summed E-state index contributed by atoms with van der Waals surface area (Å²) in [5.41, 5.74) is 1.67. The number of nitrogens with zero attached hydrogens (tertiary/aromatic N) is 6. The summed E-state index contributed by atoms with van der Waals surface area (Å²) in [6.45, 7) is 1.58. The number of aliphatic carboxylic acids is 1. The quantitative estimate of drug-likeness (QED) is 0.408. The van der Waals surface area contributed by atoms with E-state index in [2.05, 4.69) is 35.4 Å². The van der Waals surface area contributed by atoms with Crippen LogP contribution in [0.4, 0.5) is 23.5 Å². The molecule has 0 unspecified atom stereocenters. The van der Waals surface area contributed by atoms with Crippen molar-refractivity contribution in [3.8, 4) is 11.5 Å². The van der Waals surface area contributed by atoms with Gasteiger partial charge in [0.05, 0.1) is 13.7 Å². The lowest BCUT2D eigenvalue weighted by molar-refractivity contribution is -0.139. The maximum absolute atomic E-state index is 10.7. The van der Waals surface area contributed by atoms with Crippen LogP contribution in [-0.4, -0.2) is 52.8 Å². The maximum atomic E-state index is 10.7. The number of azo groups is 1. The fraction of sp³-hybridized carbons (Fsp3) is 0.333. The molecule has 0 amide bonds. The minimum atomic E-state index is -1.06. The zero-order chi connectivity index (χ0) is 24.5. The lowest BCUT2D eigenvalue weighted by Gasteiger charge is -2.26. The van der Waals surface area contributed by atoms with Gasteiger partial charge in [-0.3, -0.25) is 0 Å². The van der Waals surface area contributed by atoms with Gasteiger partial charge >= 0.3 is 5.97 Å². The fourth-order valence-electron chi connectivity index (χ4n) is 3.59. The van der Waals surface area contributed by atoms with Gasteiger partial charge in [0.15, 0.2) is 18.1 Å². The summed E-state index contributed by atoms with van der Waals surface area (Å²) in [6.07, 6.45) is 3.39. The predicted molar refractivity (Wildman–Crippen MR) is 130 cm³/mol. The third kappa shape index (κ3) is 6.85. The summed E-state index contributed by atoms with van der Waals surface area (Å²) in [4.78, 5) is 26.4. The topological polar surface area (TPSA) is 134 Å². The Kier molecular flexibility index (Phi) is 8.00. The monoisotopic (exact) mass is 477 g/mol. The molecule has 1 aliphatic heterocycles. The molecule has 11 heteroatoms. The van der Waals surface area contributed by atoms with E-state index in [9.17, 15) is 4.79 Å². The van der Waals surface area contributed by atoms with Crippen LogP contribution >= 0.6 is 0 Å². The molecule has 35 heavy (non-hydrogen) atoms. The molecule has 3 aromatic rings. The zero-order valence-corrected chi connectivity index (χ0v) is 19.4. The molecule has 2 aromatic carbocycles. The number of aromatic nitrogens is 3. The summed E-state index contributed by atoms with van der Waals surface area (Å²) in [5.74, 6) is 0.896. The normalized spacial score (nSPS) is 13.6. The number of rotatable bonds is 10. The van der Waals surface area contributed by atoms with Gasteiger partial charge in [-0.15, -0.1) is 5.11 Å². The lowest BCUT2D eigenvalue weighted by atomic mass is 10.1. The number of ether oxygens (including phenoxy) is 2. The number of carbonyl (C=O) groups is 1. The molecule has 11 nitrogen and oxygen atoms in total. The molecule has 2 N–H and O–H groups in total. The van der Waals surface area contributed by atoms with Crippen molar-refractivity contribution >= 4 is 29.5 Å². The Bertz CT molecular complexity index is 1170. The summed E-state index contributed by atoms with van der Waals surface area (Å²) in [7, 11) is 1.49. The van der Waals surface area contributed by atoms with Crippen molar-refractivity contribution < 1.29 is 19.4 Å². The Balaban J connectivity index is 1.51. The van der Waals surface area contributed by atoms with Crippen molar-refractivity contribution in [1.82, 2.24) is 15.0 Å². The van der Waals surface area contributed by atoms with Crippen molar-refractivity contribution in [2.24, 2.45) is 10.2 Å². The van der Waals surface area contributed by atoms with Crippen LogP contribution in [0.5, 0.6) is 11.5 Å². The molecule has 2 heterocycles. The molecular weight excluding hydrogens is 450 g/mol. The molecule has 1 aromatic heterocycles. The van der Waals surface area contributed by atoms with E-state index >= 15 is 0 Å². The van der Waals surface area contributed by atoms with Crippen molar-refractivity contribution in [1.29, 1.82) is 0 Å². The largest absolute Gasteiger partial charge is 0.493 e. The molecule has 1 saturated heterocycles. The Morgan fingerprint density at radius 3 is 2.60 bits per heavy atom. The lowest BCUT2D eigenvalue weighted by Crippen LogP contribution is -2.31. The molecular formula is C24H27N7O4. The van der Waals surface area contributed by atoms with E-state index in [4.69, 9.17) is 14.6 Å². The van der Waals surface area contributed by atoms with Crippen LogP contribution < -0.4 is 19.7 Å². The minimum absolute atomic E-state index is 0.215. The van der Waals surface area contributed by atoms with E-state index in [-0.39, 0.29) is 12.5 Å². The molecule has 1 fully saturated rings. The first-order chi connectivity index (χ1) is 17.1. The first-order valence-electron chi connectivity index (χ1n) is 11.3. The van der Waals surface area contributed by atoms with E-state index < -0.39 is 12.6 Å². The zero-order valence-electron chi connectivity index (χ0n) is 19.4. The van der Waals surface area contributed by atoms with E-state index in [1.54, 1.807) is 18.2 Å². The molecule has 1 aliphatic rings. The van der Waals surface area contributed by atoms with Crippen LogP contribution in [0.2, 0.25) is 0 Å². The number of piperidine rings is 1.